The van der Waals surface area contributed by atoms with Gasteiger partial charge in [0.25, 0.3) is 0 Å². The minimum atomic E-state index is -0.839. The van der Waals surface area contributed by atoms with E-state index >= 15 is 0 Å². The maximum absolute atomic E-state index is 12.0. The average molecular weight is 449 g/mol. The molecule has 1 amide bonds. The van der Waals surface area contributed by atoms with Crippen molar-refractivity contribution in [2.24, 2.45) is 5.73 Å². The van der Waals surface area contributed by atoms with Crippen LogP contribution in [0, 0.1) is 13.8 Å². The molecular formula is C27H32N2O4. The second kappa shape index (κ2) is 8.75. The number of Topliss-reactive ketones (excluding diaryl/α,β-unsaturated/α-hetero) is 1. The molecule has 174 valence electrons. The monoisotopic (exact) mass is 448 g/mol. The van der Waals surface area contributed by atoms with Gasteiger partial charge in [-0.15, -0.1) is 0 Å². The minimum Gasteiger partial charge on any atom is -0.468 e. The van der Waals surface area contributed by atoms with E-state index in [1.165, 1.54) is 40.5 Å². The molecule has 0 bridgehead atoms. The number of rotatable bonds is 1. The van der Waals surface area contributed by atoms with Crippen LogP contribution in [-0.4, -0.2) is 35.8 Å². The van der Waals surface area contributed by atoms with Crippen LogP contribution in [0.25, 0.3) is 0 Å². The third-order valence-electron chi connectivity index (χ3n) is 7.47. The molecule has 0 saturated carbocycles. The predicted molar refractivity (Wildman–Crippen MR) is 126 cm³/mol. The van der Waals surface area contributed by atoms with Crippen LogP contribution in [0.3, 0.4) is 0 Å². The molecular weight excluding hydrogens is 416 g/mol. The molecule has 1 saturated heterocycles. The minimum absolute atomic E-state index is 0.0568. The summed E-state index contributed by atoms with van der Waals surface area (Å²) in [6, 6.07) is 12.5. The van der Waals surface area contributed by atoms with Crippen molar-refractivity contribution in [3.8, 4) is 0 Å². The molecule has 1 spiro atoms. The number of methoxy groups -OCH3 is 1. The van der Waals surface area contributed by atoms with Crippen LogP contribution >= 0.6 is 0 Å². The van der Waals surface area contributed by atoms with E-state index in [0.717, 1.165) is 19.3 Å². The third-order valence-corrected chi connectivity index (χ3v) is 7.47. The second-order valence-corrected chi connectivity index (χ2v) is 9.66. The average Bonchev–Trinajstić information content (AvgIpc) is 3.07. The number of amides is 1. The second-order valence-electron chi connectivity index (χ2n) is 9.66. The summed E-state index contributed by atoms with van der Waals surface area (Å²) in [6.07, 6.45) is 4.44. The lowest BCUT2D eigenvalue weighted by Gasteiger charge is -2.34. The van der Waals surface area contributed by atoms with Gasteiger partial charge < -0.3 is 15.8 Å². The van der Waals surface area contributed by atoms with Gasteiger partial charge in [-0.3, -0.25) is 14.4 Å². The fourth-order valence-electron chi connectivity index (χ4n) is 5.42. The predicted octanol–water partition coefficient (Wildman–Crippen LogP) is 2.67. The van der Waals surface area contributed by atoms with Gasteiger partial charge in [-0.2, -0.15) is 0 Å². The SMILES string of the molecule is COC(=O)C1(N)CCc2cccc(C)c2C1.Cc1cccc2c1CC1(CC2)NC(=O)CC1=O. The van der Waals surface area contributed by atoms with Gasteiger partial charge in [0, 0.05) is 12.8 Å². The maximum Gasteiger partial charge on any atom is 0.326 e. The highest BCUT2D eigenvalue weighted by molar-refractivity contribution is 6.10. The smallest absolute Gasteiger partial charge is 0.326 e. The molecule has 0 radical (unpaired) electrons. The van der Waals surface area contributed by atoms with E-state index in [1.54, 1.807) is 0 Å². The number of fused-ring (bicyclic) bond motifs is 2. The molecule has 2 unspecified atom stereocenters. The number of hydrogen-bond acceptors (Lipinski definition) is 5. The molecule has 0 aromatic heterocycles. The standard InChI is InChI=1S/C14H15NO2.C13H17NO2/c1-9-3-2-4-10-5-6-14(8-11(9)10)12(16)7-13(17)15-14;1-9-4-3-5-10-6-7-13(14,8-11(9)10)12(15)16-2/h2-4H,5-8H2,1H3,(H,15,17);3-5H,6-8,14H2,1-2H3. The van der Waals surface area contributed by atoms with Crippen LogP contribution < -0.4 is 11.1 Å². The molecule has 2 atom stereocenters. The van der Waals surface area contributed by atoms with E-state index in [-0.39, 0.29) is 24.1 Å². The first-order valence-corrected chi connectivity index (χ1v) is 11.5. The van der Waals surface area contributed by atoms with E-state index in [2.05, 4.69) is 55.6 Å². The van der Waals surface area contributed by atoms with E-state index in [4.69, 9.17) is 10.5 Å². The topological polar surface area (TPSA) is 98.5 Å². The number of carbonyl (C=O) groups excluding carboxylic acids is 3. The van der Waals surface area contributed by atoms with E-state index in [9.17, 15) is 14.4 Å². The number of benzene rings is 2. The number of nitrogens with two attached hydrogens (primary N) is 1. The van der Waals surface area contributed by atoms with Crippen LogP contribution in [0.2, 0.25) is 0 Å². The van der Waals surface area contributed by atoms with Crippen molar-refractivity contribution in [1.82, 2.24) is 5.32 Å². The molecule has 6 heteroatoms. The fraction of sp³-hybridized carbons (Fsp3) is 0.444. The van der Waals surface area contributed by atoms with Gasteiger partial charge in [0.2, 0.25) is 5.91 Å². The number of nitrogens with one attached hydrogen (secondary N) is 1. The summed E-state index contributed by atoms with van der Waals surface area (Å²) in [6.45, 7) is 4.13. The summed E-state index contributed by atoms with van der Waals surface area (Å²) < 4.78 is 4.78. The van der Waals surface area contributed by atoms with Crippen LogP contribution in [0.1, 0.15) is 52.6 Å². The Labute approximate surface area is 194 Å². The van der Waals surface area contributed by atoms with Crippen molar-refractivity contribution in [3.05, 3.63) is 69.8 Å². The molecule has 3 aliphatic rings. The fourth-order valence-corrected chi connectivity index (χ4v) is 5.42. The normalized spacial score (nSPS) is 25.5. The van der Waals surface area contributed by atoms with Crippen LogP contribution in [0.4, 0.5) is 0 Å². The van der Waals surface area contributed by atoms with Crippen LogP contribution in [0.15, 0.2) is 36.4 Å². The Morgan fingerprint density at radius 3 is 2.06 bits per heavy atom. The largest absolute Gasteiger partial charge is 0.468 e. The molecule has 1 aliphatic heterocycles. The quantitative estimate of drug-likeness (QED) is 0.516. The summed E-state index contributed by atoms with van der Waals surface area (Å²) in [5, 5.41) is 2.90. The highest BCUT2D eigenvalue weighted by atomic mass is 16.5. The summed E-state index contributed by atoms with van der Waals surface area (Å²) in [5.41, 5.74) is 12.2. The van der Waals surface area contributed by atoms with Crippen molar-refractivity contribution in [3.63, 3.8) is 0 Å². The summed E-state index contributed by atoms with van der Waals surface area (Å²) in [5.74, 6) is -0.357. The van der Waals surface area contributed by atoms with Crippen LogP contribution in [-0.2, 0) is 44.8 Å². The van der Waals surface area contributed by atoms with Crippen molar-refractivity contribution >= 4 is 17.7 Å². The Kier molecular flexibility index (Phi) is 6.14. The van der Waals surface area contributed by atoms with Gasteiger partial charge in [-0.25, -0.2) is 0 Å². The maximum atomic E-state index is 12.0. The van der Waals surface area contributed by atoms with Crippen molar-refractivity contribution < 1.29 is 19.1 Å². The molecule has 1 fully saturated rings. The molecule has 2 aromatic carbocycles. The lowest BCUT2D eigenvalue weighted by molar-refractivity contribution is -0.147. The van der Waals surface area contributed by atoms with Crippen molar-refractivity contribution in [2.75, 3.05) is 7.11 Å². The molecule has 1 heterocycles. The Morgan fingerprint density at radius 1 is 0.939 bits per heavy atom. The Morgan fingerprint density at radius 2 is 1.52 bits per heavy atom. The Hall–Kier alpha value is -2.99. The van der Waals surface area contributed by atoms with Crippen molar-refractivity contribution in [1.29, 1.82) is 0 Å². The van der Waals surface area contributed by atoms with E-state index in [1.807, 2.05) is 0 Å². The highest BCUT2D eigenvalue weighted by Crippen LogP contribution is 2.34. The van der Waals surface area contributed by atoms with Gasteiger partial charge in [0.05, 0.1) is 13.5 Å². The number of ketones is 1. The number of ether oxygens (including phenoxy) is 1. The Bertz CT molecular complexity index is 1130. The van der Waals surface area contributed by atoms with Gasteiger partial charge in [0.15, 0.2) is 5.78 Å². The first-order valence-electron chi connectivity index (χ1n) is 11.5. The van der Waals surface area contributed by atoms with Gasteiger partial charge in [0.1, 0.15) is 11.1 Å². The van der Waals surface area contributed by atoms with E-state index < -0.39 is 11.1 Å². The summed E-state index contributed by atoms with van der Waals surface area (Å²) >= 11 is 0. The molecule has 3 N–H and O–H groups in total. The highest BCUT2D eigenvalue weighted by Gasteiger charge is 2.47. The molecule has 33 heavy (non-hydrogen) atoms. The summed E-state index contributed by atoms with van der Waals surface area (Å²) in [4.78, 5) is 35.1. The van der Waals surface area contributed by atoms with Crippen LogP contribution in [0.5, 0.6) is 0 Å². The summed E-state index contributed by atoms with van der Waals surface area (Å²) in [7, 11) is 1.39. The zero-order chi connectivity index (χ0) is 23.8. The number of carbonyl (C=O) groups is 3. The lowest BCUT2D eigenvalue weighted by Crippen LogP contribution is -2.52. The molecule has 5 rings (SSSR count). The molecule has 6 nitrogen and oxygen atoms in total. The van der Waals surface area contributed by atoms with Crippen molar-refractivity contribution in [2.45, 2.75) is 69.9 Å². The molecule has 2 aromatic rings. The molecule has 2 aliphatic carbocycles. The zero-order valence-corrected chi connectivity index (χ0v) is 19.6. The van der Waals surface area contributed by atoms with E-state index in [0.29, 0.717) is 19.3 Å². The van der Waals surface area contributed by atoms with Gasteiger partial charge in [-0.05, 0) is 72.9 Å². The van der Waals surface area contributed by atoms with Gasteiger partial charge >= 0.3 is 5.97 Å². The lowest BCUT2D eigenvalue weighted by atomic mass is 9.75. The zero-order valence-electron chi connectivity index (χ0n) is 19.6. The number of hydrogen-bond donors (Lipinski definition) is 2. The Balaban J connectivity index is 0.000000157. The van der Waals surface area contributed by atoms with Gasteiger partial charge in [-0.1, -0.05) is 36.4 Å². The third kappa shape index (κ3) is 4.32. The first kappa shape index (κ1) is 23.2. The number of aryl methyl sites for hydroxylation is 4. The first-order chi connectivity index (χ1) is 15.7. The number of esters is 1.